The van der Waals surface area contributed by atoms with Crippen LogP contribution >= 0.6 is 23.4 Å². The van der Waals surface area contributed by atoms with Crippen LogP contribution in [0.25, 0.3) is 11.4 Å². The van der Waals surface area contributed by atoms with E-state index >= 15 is 0 Å². The Morgan fingerprint density at radius 1 is 1.04 bits per heavy atom. The van der Waals surface area contributed by atoms with Crippen LogP contribution in [-0.2, 0) is 11.3 Å². The van der Waals surface area contributed by atoms with Gasteiger partial charge < -0.3 is 9.84 Å². The summed E-state index contributed by atoms with van der Waals surface area (Å²) in [5.74, 6) is 0.956. The normalized spacial score (nSPS) is 10.6. The molecule has 0 atom stereocenters. The fourth-order valence-electron chi connectivity index (χ4n) is 2.21. The third kappa shape index (κ3) is 5.67. The second kappa shape index (κ2) is 9.34. The van der Waals surface area contributed by atoms with Gasteiger partial charge in [-0.25, -0.2) is 0 Å². The molecule has 1 amide bonds. The van der Waals surface area contributed by atoms with Crippen molar-refractivity contribution in [2.75, 3.05) is 11.5 Å². The van der Waals surface area contributed by atoms with E-state index in [1.807, 2.05) is 18.2 Å². The van der Waals surface area contributed by atoms with Crippen LogP contribution in [0.3, 0.4) is 0 Å². The molecule has 3 aromatic rings. The molecule has 0 saturated heterocycles. The minimum absolute atomic E-state index is 0.00194. The number of ketones is 1. The monoisotopic (exact) mass is 401 g/mol. The molecule has 6 nitrogen and oxygen atoms in total. The SMILES string of the molecule is O=C(CSCC(=O)c1ccccc1)NCc1nc(-c2ccc(Cl)cc2)no1. The number of rotatable bonds is 8. The van der Waals surface area contributed by atoms with Crippen LogP contribution in [0.4, 0.5) is 0 Å². The van der Waals surface area contributed by atoms with E-state index in [1.54, 1.807) is 36.4 Å². The Bertz CT molecular complexity index is 913. The van der Waals surface area contributed by atoms with E-state index in [0.29, 0.717) is 22.3 Å². The molecule has 0 aliphatic heterocycles. The maximum absolute atomic E-state index is 12.0. The summed E-state index contributed by atoms with van der Waals surface area (Å²) in [6, 6.07) is 16.1. The molecule has 0 aliphatic rings. The first-order valence-electron chi connectivity index (χ1n) is 8.13. The van der Waals surface area contributed by atoms with Gasteiger partial charge in [0.1, 0.15) is 0 Å². The van der Waals surface area contributed by atoms with Gasteiger partial charge in [0.2, 0.25) is 17.6 Å². The van der Waals surface area contributed by atoms with Crippen molar-refractivity contribution >= 4 is 35.1 Å². The van der Waals surface area contributed by atoms with Crippen molar-refractivity contribution in [2.24, 2.45) is 0 Å². The lowest BCUT2D eigenvalue weighted by molar-refractivity contribution is -0.118. The van der Waals surface area contributed by atoms with Crippen LogP contribution in [-0.4, -0.2) is 33.3 Å². The summed E-state index contributed by atoms with van der Waals surface area (Å²) in [5, 5.41) is 7.20. The van der Waals surface area contributed by atoms with Gasteiger partial charge in [0.15, 0.2) is 5.78 Å². The maximum Gasteiger partial charge on any atom is 0.246 e. The molecule has 0 saturated carbocycles. The molecular formula is C19H16ClN3O3S. The summed E-state index contributed by atoms with van der Waals surface area (Å²) in [6.45, 7) is 0.132. The third-order valence-corrected chi connectivity index (χ3v) is 4.75. The highest BCUT2D eigenvalue weighted by molar-refractivity contribution is 8.00. The smallest absolute Gasteiger partial charge is 0.246 e. The zero-order chi connectivity index (χ0) is 19.1. The second-order valence-corrected chi connectivity index (χ2v) is 7.00. The predicted molar refractivity (Wildman–Crippen MR) is 105 cm³/mol. The highest BCUT2D eigenvalue weighted by Gasteiger charge is 2.11. The van der Waals surface area contributed by atoms with Gasteiger partial charge in [0.25, 0.3) is 0 Å². The summed E-state index contributed by atoms with van der Waals surface area (Å²) in [5.41, 5.74) is 1.42. The van der Waals surface area contributed by atoms with E-state index in [0.717, 1.165) is 5.56 Å². The number of amides is 1. The summed E-state index contributed by atoms with van der Waals surface area (Å²) in [6.07, 6.45) is 0. The summed E-state index contributed by atoms with van der Waals surface area (Å²) in [4.78, 5) is 28.1. The van der Waals surface area contributed by atoms with Crippen LogP contribution in [0.5, 0.6) is 0 Å². The zero-order valence-electron chi connectivity index (χ0n) is 14.2. The number of aromatic nitrogens is 2. The van der Waals surface area contributed by atoms with Crippen LogP contribution in [0, 0.1) is 0 Å². The van der Waals surface area contributed by atoms with Gasteiger partial charge in [0, 0.05) is 16.1 Å². The number of carbonyl (C=O) groups excluding carboxylic acids is 2. The number of thioether (sulfide) groups is 1. The number of Topliss-reactive ketones (excluding diaryl/α,β-unsaturated/α-hetero) is 1. The lowest BCUT2D eigenvalue weighted by Crippen LogP contribution is -2.25. The molecule has 0 bridgehead atoms. The van der Waals surface area contributed by atoms with E-state index in [9.17, 15) is 9.59 Å². The van der Waals surface area contributed by atoms with Crippen molar-refractivity contribution in [3.63, 3.8) is 0 Å². The first kappa shape index (κ1) is 19.1. The molecule has 27 heavy (non-hydrogen) atoms. The molecule has 1 aromatic heterocycles. The van der Waals surface area contributed by atoms with Crippen molar-refractivity contribution < 1.29 is 14.1 Å². The molecule has 8 heteroatoms. The molecule has 2 aromatic carbocycles. The van der Waals surface area contributed by atoms with Crippen molar-refractivity contribution in [3.8, 4) is 11.4 Å². The van der Waals surface area contributed by atoms with Gasteiger partial charge >= 0.3 is 0 Å². The molecule has 138 valence electrons. The van der Waals surface area contributed by atoms with E-state index in [4.69, 9.17) is 16.1 Å². The molecule has 0 fully saturated rings. The highest BCUT2D eigenvalue weighted by atomic mass is 35.5. The number of hydrogen-bond donors (Lipinski definition) is 1. The van der Waals surface area contributed by atoms with E-state index in [-0.39, 0.29) is 29.7 Å². The van der Waals surface area contributed by atoms with Crippen molar-refractivity contribution in [1.82, 2.24) is 15.5 Å². The summed E-state index contributed by atoms with van der Waals surface area (Å²) in [7, 11) is 0. The van der Waals surface area contributed by atoms with E-state index in [2.05, 4.69) is 15.5 Å². The van der Waals surface area contributed by atoms with Crippen molar-refractivity contribution in [3.05, 3.63) is 71.1 Å². The van der Waals surface area contributed by atoms with Crippen LogP contribution < -0.4 is 5.32 Å². The summed E-state index contributed by atoms with van der Waals surface area (Å²) >= 11 is 7.11. The van der Waals surface area contributed by atoms with Gasteiger partial charge in [0.05, 0.1) is 18.1 Å². The average Bonchev–Trinajstić information content (AvgIpc) is 3.16. The van der Waals surface area contributed by atoms with Crippen molar-refractivity contribution in [1.29, 1.82) is 0 Å². The minimum Gasteiger partial charge on any atom is -0.346 e. The van der Waals surface area contributed by atoms with E-state index < -0.39 is 0 Å². The lowest BCUT2D eigenvalue weighted by atomic mass is 10.2. The maximum atomic E-state index is 12.0. The molecule has 0 spiro atoms. The minimum atomic E-state index is -0.202. The Hall–Kier alpha value is -2.64. The molecule has 3 rings (SSSR count). The Kier molecular flexibility index (Phi) is 6.62. The molecule has 0 unspecified atom stereocenters. The predicted octanol–water partition coefficient (Wildman–Crippen LogP) is 3.62. The average molecular weight is 402 g/mol. The van der Waals surface area contributed by atoms with E-state index in [1.165, 1.54) is 11.8 Å². The standard InChI is InChI=1S/C19H16ClN3O3S/c20-15-8-6-14(7-9-15)19-22-18(26-23-19)10-21-17(25)12-27-11-16(24)13-4-2-1-3-5-13/h1-9H,10-12H2,(H,21,25). The van der Waals surface area contributed by atoms with Crippen LogP contribution in [0.15, 0.2) is 59.1 Å². The highest BCUT2D eigenvalue weighted by Crippen LogP contribution is 2.18. The van der Waals surface area contributed by atoms with Gasteiger partial charge in [-0.2, -0.15) is 4.98 Å². The third-order valence-electron chi connectivity index (χ3n) is 3.57. The van der Waals surface area contributed by atoms with Gasteiger partial charge in [-0.1, -0.05) is 47.1 Å². The molecule has 1 heterocycles. The Balaban J connectivity index is 1.42. The Morgan fingerprint density at radius 3 is 2.52 bits per heavy atom. The first-order valence-corrected chi connectivity index (χ1v) is 9.66. The second-order valence-electron chi connectivity index (χ2n) is 5.58. The number of nitrogens with zero attached hydrogens (tertiary/aromatic N) is 2. The fourth-order valence-corrected chi connectivity index (χ4v) is 3.08. The molecule has 1 N–H and O–H groups in total. The number of benzene rings is 2. The van der Waals surface area contributed by atoms with Crippen molar-refractivity contribution in [2.45, 2.75) is 6.54 Å². The van der Waals surface area contributed by atoms with Gasteiger partial charge in [-0.3, -0.25) is 9.59 Å². The number of nitrogens with one attached hydrogen (secondary N) is 1. The number of hydrogen-bond acceptors (Lipinski definition) is 6. The molecular weight excluding hydrogens is 386 g/mol. The Morgan fingerprint density at radius 2 is 1.78 bits per heavy atom. The first-order chi connectivity index (χ1) is 13.1. The quantitative estimate of drug-likeness (QED) is 0.580. The molecule has 0 aliphatic carbocycles. The fraction of sp³-hybridized carbons (Fsp3) is 0.158. The summed E-state index contributed by atoms with van der Waals surface area (Å²) < 4.78 is 5.13. The van der Waals surface area contributed by atoms with Crippen LogP contribution in [0.2, 0.25) is 5.02 Å². The topological polar surface area (TPSA) is 85.1 Å². The van der Waals surface area contributed by atoms with Crippen LogP contribution in [0.1, 0.15) is 16.2 Å². The zero-order valence-corrected chi connectivity index (χ0v) is 15.8. The number of halogens is 1. The number of carbonyl (C=O) groups is 2. The van der Waals surface area contributed by atoms with Gasteiger partial charge in [-0.05, 0) is 24.3 Å². The lowest BCUT2D eigenvalue weighted by Gasteiger charge is -2.02. The Labute approximate surface area is 165 Å². The van der Waals surface area contributed by atoms with Gasteiger partial charge in [-0.15, -0.1) is 11.8 Å². The largest absolute Gasteiger partial charge is 0.346 e. The molecule has 0 radical (unpaired) electrons.